The first-order valence-corrected chi connectivity index (χ1v) is 26.2. The van der Waals surface area contributed by atoms with Gasteiger partial charge < -0.3 is 20.1 Å². The molecule has 0 rings (SSSR count). The van der Waals surface area contributed by atoms with Crippen molar-refractivity contribution < 1.29 is 37.9 Å². The number of amides is 1. The second-order valence-corrected chi connectivity index (χ2v) is 18.2. The van der Waals surface area contributed by atoms with Crippen LogP contribution in [-0.4, -0.2) is 54.3 Å². The zero-order valence-corrected chi connectivity index (χ0v) is 38.9. The lowest BCUT2D eigenvalue weighted by atomic mass is 10.0. The highest BCUT2D eigenvalue weighted by molar-refractivity contribution is 7.47. The van der Waals surface area contributed by atoms with Gasteiger partial charge in [-0.15, -0.1) is 0 Å². The van der Waals surface area contributed by atoms with Crippen molar-refractivity contribution in [2.75, 3.05) is 26.4 Å². The number of carbonyl (C=O) groups is 2. The molecule has 0 aromatic heterocycles. The summed E-state index contributed by atoms with van der Waals surface area (Å²) in [5.74, 6) is -0.513. The van der Waals surface area contributed by atoms with Gasteiger partial charge in [-0.2, -0.15) is 0 Å². The number of hydrogen-bond donors (Lipinski definition) is 3. The monoisotopic (exact) mass is 844 g/mol. The van der Waals surface area contributed by atoms with Crippen LogP contribution in [-0.2, 0) is 27.9 Å². The number of aliphatic hydroxyl groups is 1. The molecular weight excluding hydrogens is 750 g/mol. The number of carbonyl (C=O) groups excluding carboxylic acids is 2. The molecule has 0 aliphatic carbocycles. The van der Waals surface area contributed by atoms with Crippen LogP contribution in [0.2, 0.25) is 0 Å². The van der Waals surface area contributed by atoms with Gasteiger partial charge >= 0.3 is 13.8 Å². The van der Waals surface area contributed by atoms with E-state index in [1.165, 1.54) is 180 Å². The Morgan fingerprint density at radius 3 is 1.29 bits per heavy atom. The fourth-order valence-electron chi connectivity index (χ4n) is 7.20. The third-order valence-corrected chi connectivity index (χ3v) is 11.9. The van der Waals surface area contributed by atoms with E-state index in [9.17, 15) is 24.2 Å². The number of rotatable bonds is 47. The lowest BCUT2D eigenvalue weighted by Gasteiger charge is -2.15. The van der Waals surface area contributed by atoms with Gasteiger partial charge in [0.05, 0.1) is 13.2 Å². The maximum atomic E-state index is 12.1. The number of ether oxygens (including phenoxy) is 1. The molecule has 0 aromatic carbocycles. The van der Waals surface area contributed by atoms with E-state index in [0.717, 1.165) is 44.9 Å². The molecule has 0 aromatic rings. The highest BCUT2D eigenvalue weighted by Gasteiger charge is 2.23. The molecule has 0 radical (unpaired) electrons. The molecule has 0 aliphatic heterocycles. The lowest BCUT2D eigenvalue weighted by molar-refractivity contribution is -0.147. The largest absolute Gasteiger partial charge is 0.472 e. The Kier molecular flexibility index (Phi) is 44.3. The van der Waals surface area contributed by atoms with Crippen LogP contribution in [0.15, 0.2) is 12.2 Å². The number of allylic oxidation sites excluding steroid dienone is 2. The summed E-state index contributed by atoms with van der Waals surface area (Å²) in [7, 11) is -4.42. The molecule has 0 spiro atoms. The molecule has 2 unspecified atom stereocenters. The van der Waals surface area contributed by atoms with Crippen LogP contribution in [0.3, 0.4) is 0 Å². The van der Waals surface area contributed by atoms with Gasteiger partial charge in [0.15, 0.2) is 0 Å². The summed E-state index contributed by atoms with van der Waals surface area (Å²) in [6, 6.07) is 0. The maximum absolute atomic E-state index is 12.1. The molecular formula is C48H94NO8P. The Labute approximate surface area is 358 Å². The van der Waals surface area contributed by atoms with Gasteiger partial charge in [-0.3, -0.25) is 18.6 Å². The van der Waals surface area contributed by atoms with Gasteiger partial charge in [0.2, 0.25) is 5.91 Å². The molecule has 58 heavy (non-hydrogen) atoms. The Bertz CT molecular complexity index is 964. The fraction of sp³-hybridized carbons (Fsp3) is 0.917. The van der Waals surface area contributed by atoms with Crippen molar-refractivity contribution in [3.05, 3.63) is 12.2 Å². The van der Waals surface area contributed by atoms with Crippen LogP contribution in [0.1, 0.15) is 251 Å². The van der Waals surface area contributed by atoms with Gasteiger partial charge in [-0.1, -0.05) is 212 Å². The Hall–Kier alpha value is -1.25. The second kappa shape index (κ2) is 45.3. The zero-order valence-electron chi connectivity index (χ0n) is 38.0. The summed E-state index contributed by atoms with van der Waals surface area (Å²) >= 11 is 0. The summed E-state index contributed by atoms with van der Waals surface area (Å²) < 4.78 is 26.9. The van der Waals surface area contributed by atoms with Gasteiger partial charge in [-0.05, 0) is 38.5 Å². The van der Waals surface area contributed by atoms with E-state index < -0.39 is 26.5 Å². The number of aliphatic hydroxyl groups excluding tert-OH is 1. The topological polar surface area (TPSA) is 131 Å². The van der Waals surface area contributed by atoms with Gasteiger partial charge in [-0.25, -0.2) is 4.57 Å². The van der Waals surface area contributed by atoms with E-state index in [1.807, 2.05) is 0 Å². The van der Waals surface area contributed by atoms with E-state index in [4.69, 9.17) is 13.8 Å². The molecule has 0 aliphatic rings. The Morgan fingerprint density at radius 1 is 0.517 bits per heavy atom. The first-order chi connectivity index (χ1) is 28.3. The third-order valence-electron chi connectivity index (χ3n) is 10.9. The number of nitrogens with one attached hydrogen (secondary N) is 1. The van der Waals surface area contributed by atoms with E-state index in [0.29, 0.717) is 6.42 Å². The van der Waals surface area contributed by atoms with Crippen LogP contribution in [0, 0.1) is 0 Å². The van der Waals surface area contributed by atoms with Crippen LogP contribution < -0.4 is 5.32 Å². The van der Waals surface area contributed by atoms with Crippen molar-refractivity contribution >= 4 is 19.7 Å². The molecule has 3 N–H and O–H groups in total. The van der Waals surface area contributed by atoms with Crippen molar-refractivity contribution in [3.8, 4) is 0 Å². The highest BCUT2D eigenvalue weighted by atomic mass is 31.2. The number of unbranched alkanes of at least 4 members (excludes halogenated alkanes) is 32. The standard InChI is InChI=1S/C48H94NO8P/c1-3-5-7-9-11-13-15-17-19-20-21-22-23-24-25-26-27-29-31-33-35-37-39-41-48(52)55-44-46(50)45-57-58(53,54)56-43-42-49-47(51)40-38-36-34-32-30-28-18-16-14-12-10-8-6-4-2/h16,18,46,50H,3-15,17,19-45H2,1-2H3,(H,49,51)(H,53,54)/b18-16-. The predicted octanol–water partition coefficient (Wildman–Crippen LogP) is 14.2. The van der Waals surface area contributed by atoms with E-state index >= 15 is 0 Å². The molecule has 9 nitrogen and oxygen atoms in total. The lowest BCUT2D eigenvalue weighted by Crippen LogP contribution is -2.27. The fourth-order valence-corrected chi connectivity index (χ4v) is 7.96. The Morgan fingerprint density at radius 2 is 0.879 bits per heavy atom. The van der Waals surface area contributed by atoms with Crippen molar-refractivity contribution in [2.45, 2.75) is 258 Å². The first kappa shape index (κ1) is 56.8. The minimum absolute atomic E-state index is 0.0808. The van der Waals surface area contributed by atoms with Crippen LogP contribution >= 0.6 is 7.82 Å². The van der Waals surface area contributed by atoms with Crippen molar-refractivity contribution in [1.29, 1.82) is 0 Å². The summed E-state index contributed by atoms with van der Waals surface area (Å²) in [6.07, 6.45) is 48.7. The minimum atomic E-state index is -4.42. The van der Waals surface area contributed by atoms with Crippen molar-refractivity contribution in [2.24, 2.45) is 0 Å². The van der Waals surface area contributed by atoms with E-state index in [1.54, 1.807) is 0 Å². The van der Waals surface area contributed by atoms with E-state index in [-0.39, 0.29) is 32.1 Å². The number of hydrogen-bond acceptors (Lipinski definition) is 7. The van der Waals surface area contributed by atoms with Gasteiger partial charge in [0.25, 0.3) is 0 Å². The molecule has 10 heteroatoms. The van der Waals surface area contributed by atoms with Gasteiger partial charge in [0, 0.05) is 19.4 Å². The molecule has 2 atom stereocenters. The van der Waals surface area contributed by atoms with Crippen molar-refractivity contribution in [3.63, 3.8) is 0 Å². The number of phosphoric acid groups is 1. The molecule has 0 bridgehead atoms. The summed E-state index contributed by atoms with van der Waals surface area (Å²) in [5.41, 5.74) is 0. The second-order valence-electron chi connectivity index (χ2n) is 16.8. The van der Waals surface area contributed by atoms with E-state index in [2.05, 4.69) is 31.3 Å². The third kappa shape index (κ3) is 45.8. The molecule has 344 valence electrons. The normalized spacial score (nSPS) is 13.2. The maximum Gasteiger partial charge on any atom is 0.472 e. The number of phosphoric ester groups is 1. The van der Waals surface area contributed by atoms with Crippen molar-refractivity contribution in [1.82, 2.24) is 5.32 Å². The molecule has 0 saturated carbocycles. The predicted molar refractivity (Wildman–Crippen MR) is 243 cm³/mol. The van der Waals surface area contributed by atoms with Gasteiger partial charge in [0.1, 0.15) is 12.7 Å². The molecule has 1 amide bonds. The van der Waals surface area contributed by atoms with Crippen LogP contribution in [0.5, 0.6) is 0 Å². The SMILES string of the molecule is CCCCCCC/C=C\CCCCCCCC(=O)NCCOP(=O)(O)OCC(O)COC(=O)CCCCCCCCCCCCCCCCCCCCCCCCC. The summed E-state index contributed by atoms with van der Waals surface area (Å²) in [6.45, 7) is 3.58. The minimum Gasteiger partial charge on any atom is -0.463 e. The average Bonchev–Trinajstić information content (AvgIpc) is 3.21. The Balaban J connectivity index is 3.51. The molecule has 0 fully saturated rings. The summed E-state index contributed by atoms with van der Waals surface area (Å²) in [5, 5.41) is 12.7. The first-order valence-electron chi connectivity index (χ1n) is 24.7. The quantitative estimate of drug-likeness (QED) is 0.0239. The number of esters is 1. The van der Waals surface area contributed by atoms with Crippen LogP contribution in [0.4, 0.5) is 0 Å². The zero-order chi connectivity index (χ0) is 42.5. The molecule has 0 heterocycles. The highest BCUT2D eigenvalue weighted by Crippen LogP contribution is 2.42. The summed E-state index contributed by atoms with van der Waals surface area (Å²) in [4.78, 5) is 34.0. The smallest absolute Gasteiger partial charge is 0.463 e. The average molecular weight is 844 g/mol. The molecule has 0 saturated heterocycles. The van der Waals surface area contributed by atoms with Crippen LogP contribution in [0.25, 0.3) is 0 Å².